The number of hydrogen-bond donors (Lipinski definition) is 2. The van der Waals surface area contributed by atoms with Gasteiger partial charge < -0.3 is 15.1 Å². The van der Waals surface area contributed by atoms with Crippen LogP contribution in [0.1, 0.15) is 0 Å². The van der Waals surface area contributed by atoms with Crippen LogP contribution in [0.15, 0.2) is 73.2 Å². The number of pyridine rings is 2. The number of benzene rings is 1. The van der Waals surface area contributed by atoms with Crippen LogP contribution in [0.4, 0.5) is 27.7 Å². The van der Waals surface area contributed by atoms with E-state index in [9.17, 15) is 4.79 Å². The molecule has 0 aliphatic carbocycles. The first-order chi connectivity index (χ1) is 13.8. The Morgan fingerprint density at radius 3 is 2.29 bits per heavy atom. The van der Waals surface area contributed by atoms with E-state index in [1.165, 1.54) is 0 Å². The molecule has 1 aromatic carbocycles. The molecule has 7 heteroatoms. The summed E-state index contributed by atoms with van der Waals surface area (Å²) >= 11 is 0. The standard InChI is InChI=1S/C21H22N6O/c28-21(27-14-12-26(13-15-27)19-8-10-22-11-9-19)25-20-7-6-18(16-23-20)24-17-4-2-1-3-5-17/h1-11,16,24H,12-15H2,(H,23,25,28). The summed E-state index contributed by atoms with van der Waals surface area (Å²) in [5.74, 6) is 0.542. The van der Waals surface area contributed by atoms with E-state index in [4.69, 9.17) is 0 Å². The van der Waals surface area contributed by atoms with Crippen LogP contribution in [0, 0.1) is 0 Å². The molecule has 0 spiro atoms. The number of hydrogen-bond acceptors (Lipinski definition) is 5. The van der Waals surface area contributed by atoms with Crippen LogP contribution in [0.2, 0.25) is 0 Å². The topological polar surface area (TPSA) is 73.4 Å². The molecule has 2 amide bonds. The third-order valence-corrected chi connectivity index (χ3v) is 4.66. The van der Waals surface area contributed by atoms with Crippen molar-refractivity contribution < 1.29 is 4.79 Å². The Bertz CT molecular complexity index is 893. The zero-order valence-electron chi connectivity index (χ0n) is 15.5. The molecule has 1 aliphatic heterocycles. The lowest BCUT2D eigenvalue weighted by atomic mass is 10.3. The lowest BCUT2D eigenvalue weighted by Gasteiger charge is -2.35. The summed E-state index contributed by atoms with van der Waals surface area (Å²) in [7, 11) is 0. The molecular weight excluding hydrogens is 352 g/mol. The molecule has 7 nitrogen and oxygen atoms in total. The number of rotatable bonds is 4. The second-order valence-corrected chi connectivity index (χ2v) is 6.53. The highest BCUT2D eigenvalue weighted by Crippen LogP contribution is 2.18. The molecule has 142 valence electrons. The molecule has 0 saturated carbocycles. The number of amides is 2. The zero-order valence-corrected chi connectivity index (χ0v) is 15.5. The summed E-state index contributed by atoms with van der Waals surface area (Å²) in [4.78, 5) is 25.0. The van der Waals surface area contributed by atoms with Crippen molar-refractivity contribution in [2.24, 2.45) is 0 Å². The Hall–Kier alpha value is -3.61. The van der Waals surface area contributed by atoms with Gasteiger partial charge >= 0.3 is 6.03 Å². The number of piperazine rings is 1. The van der Waals surface area contributed by atoms with Crippen LogP contribution in [0.5, 0.6) is 0 Å². The van der Waals surface area contributed by atoms with Gasteiger partial charge in [0.25, 0.3) is 0 Å². The van der Waals surface area contributed by atoms with Crippen molar-refractivity contribution in [2.45, 2.75) is 0 Å². The van der Waals surface area contributed by atoms with Crippen molar-refractivity contribution in [3.05, 3.63) is 73.2 Å². The van der Waals surface area contributed by atoms with E-state index in [0.717, 1.165) is 30.2 Å². The van der Waals surface area contributed by atoms with Gasteiger partial charge in [-0.25, -0.2) is 9.78 Å². The molecule has 2 N–H and O–H groups in total. The predicted molar refractivity (Wildman–Crippen MR) is 111 cm³/mol. The maximum Gasteiger partial charge on any atom is 0.323 e. The monoisotopic (exact) mass is 374 g/mol. The van der Waals surface area contributed by atoms with Gasteiger partial charge in [-0.1, -0.05) is 18.2 Å². The fraction of sp³-hybridized carbons (Fsp3) is 0.190. The Morgan fingerprint density at radius 2 is 1.61 bits per heavy atom. The minimum absolute atomic E-state index is 0.120. The van der Waals surface area contributed by atoms with E-state index in [1.807, 2.05) is 53.4 Å². The second-order valence-electron chi connectivity index (χ2n) is 6.53. The molecule has 1 saturated heterocycles. The van der Waals surface area contributed by atoms with Crippen molar-refractivity contribution in [1.29, 1.82) is 0 Å². The lowest BCUT2D eigenvalue weighted by Crippen LogP contribution is -2.50. The molecular formula is C21H22N6O. The van der Waals surface area contributed by atoms with Crippen molar-refractivity contribution in [2.75, 3.05) is 41.7 Å². The molecule has 3 aromatic rings. The Morgan fingerprint density at radius 1 is 0.857 bits per heavy atom. The number of urea groups is 1. The van der Waals surface area contributed by atoms with Gasteiger partial charge in [0.1, 0.15) is 5.82 Å². The van der Waals surface area contributed by atoms with Gasteiger partial charge in [-0.05, 0) is 36.4 Å². The van der Waals surface area contributed by atoms with Crippen LogP contribution in [0.25, 0.3) is 0 Å². The van der Waals surface area contributed by atoms with Gasteiger partial charge in [0.15, 0.2) is 0 Å². The first-order valence-corrected chi connectivity index (χ1v) is 9.27. The number of para-hydroxylation sites is 1. The fourth-order valence-electron chi connectivity index (χ4n) is 3.14. The Labute approximate surface area is 164 Å². The third kappa shape index (κ3) is 4.37. The summed E-state index contributed by atoms with van der Waals surface area (Å²) < 4.78 is 0. The normalized spacial score (nSPS) is 13.9. The summed E-state index contributed by atoms with van der Waals surface area (Å²) in [6, 6.07) is 17.5. The molecule has 0 bridgehead atoms. The van der Waals surface area contributed by atoms with E-state index in [2.05, 4.69) is 25.5 Å². The molecule has 28 heavy (non-hydrogen) atoms. The molecule has 0 unspecified atom stereocenters. The number of nitrogens with one attached hydrogen (secondary N) is 2. The quantitative estimate of drug-likeness (QED) is 0.730. The van der Waals surface area contributed by atoms with Crippen molar-refractivity contribution in [3.8, 4) is 0 Å². The van der Waals surface area contributed by atoms with Crippen LogP contribution in [-0.4, -0.2) is 47.1 Å². The zero-order chi connectivity index (χ0) is 19.2. The van der Waals surface area contributed by atoms with Crippen molar-refractivity contribution >= 4 is 28.9 Å². The summed E-state index contributed by atoms with van der Waals surface area (Å²) in [5.41, 5.74) is 3.00. The highest BCUT2D eigenvalue weighted by Gasteiger charge is 2.21. The van der Waals surface area contributed by atoms with E-state index >= 15 is 0 Å². The number of anilines is 4. The number of carbonyl (C=O) groups excluding carboxylic acids is 1. The van der Waals surface area contributed by atoms with Gasteiger partial charge in [0, 0.05) is 49.9 Å². The Balaban J connectivity index is 1.29. The molecule has 3 heterocycles. The minimum atomic E-state index is -0.120. The maximum atomic E-state index is 12.5. The van der Waals surface area contributed by atoms with Gasteiger partial charge in [0.2, 0.25) is 0 Å². The Kier molecular flexibility index (Phi) is 5.33. The molecule has 0 radical (unpaired) electrons. The summed E-state index contributed by atoms with van der Waals surface area (Å²) in [6.07, 6.45) is 5.29. The van der Waals surface area contributed by atoms with Crippen molar-refractivity contribution in [1.82, 2.24) is 14.9 Å². The fourth-order valence-corrected chi connectivity index (χ4v) is 3.14. The number of nitrogens with zero attached hydrogens (tertiary/aromatic N) is 4. The maximum absolute atomic E-state index is 12.5. The molecule has 1 aliphatic rings. The van der Waals surface area contributed by atoms with Crippen LogP contribution in [-0.2, 0) is 0 Å². The van der Waals surface area contributed by atoms with Crippen molar-refractivity contribution in [3.63, 3.8) is 0 Å². The van der Waals surface area contributed by atoms with Crippen LogP contribution < -0.4 is 15.5 Å². The molecule has 1 fully saturated rings. The van der Waals surface area contributed by atoms with Crippen LogP contribution >= 0.6 is 0 Å². The van der Waals surface area contributed by atoms with Gasteiger partial charge in [-0.2, -0.15) is 0 Å². The predicted octanol–water partition coefficient (Wildman–Crippen LogP) is 3.57. The first-order valence-electron chi connectivity index (χ1n) is 9.27. The van der Waals surface area contributed by atoms with E-state index < -0.39 is 0 Å². The van der Waals surface area contributed by atoms with Crippen LogP contribution in [0.3, 0.4) is 0 Å². The number of aromatic nitrogens is 2. The highest BCUT2D eigenvalue weighted by atomic mass is 16.2. The minimum Gasteiger partial charge on any atom is -0.368 e. The summed E-state index contributed by atoms with van der Waals surface area (Å²) in [5, 5.41) is 6.15. The van der Waals surface area contributed by atoms with Gasteiger partial charge in [0.05, 0.1) is 11.9 Å². The average molecular weight is 374 g/mol. The van der Waals surface area contributed by atoms with Gasteiger partial charge in [-0.3, -0.25) is 10.3 Å². The van der Waals surface area contributed by atoms with E-state index in [-0.39, 0.29) is 6.03 Å². The molecule has 2 aromatic heterocycles. The second kappa shape index (κ2) is 8.39. The SMILES string of the molecule is O=C(Nc1ccc(Nc2ccccc2)cn1)N1CCN(c2ccncc2)CC1. The third-order valence-electron chi connectivity index (χ3n) is 4.66. The lowest BCUT2D eigenvalue weighted by molar-refractivity contribution is 0.208. The number of carbonyl (C=O) groups is 1. The largest absolute Gasteiger partial charge is 0.368 e. The van der Waals surface area contributed by atoms with E-state index in [0.29, 0.717) is 18.9 Å². The smallest absolute Gasteiger partial charge is 0.323 e. The first kappa shape index (κ1) is 17.8. The average Bonchev–Trinajstić information content (AvgIpc) is 2.76. The highest BCUT2D eigenvalue weighted by molar-refractivity contribution is 5.88. The molecule has 0 atom stereocenters. The van der Waals surface area contributed by atoms with Gasteiger partial charge in [-0.15, -0.1) is 0 Å². The molecule has 4 rings (SSSR count). The summed E-state index contributed by atoms with van der Waals surface area (Å²) in [6.45, 7) is 2.93. The van der Waals surface area contributed by atoms with E-state index in [1.54, 1.807) is 24.7 Å².